The molecule has 5 nitrogen and oxygen atoms in total. The first-order valence-corrected chi connectivity index (χ1v) is 14.8. The largest absolute Gasteiger partial charge is 0.327 e. The van der Waals surface area contributed by atoms with Crippen molar-refractivity contribution in [2.24, 2.45) is 11.5 Å². The van der Waals surface area contributed by atoms with Crippen LogP contribution in [0.1, 0.15) is 62.5 Å². The van der Waals surface area contributed by atoms with E-state index in [9.17, 15) is 31.1 Å². The summed E-state index contributed by atoms with van der Waals surface area (Å²) < 4.78 is 83.3. The molecular formula is C31H40F6N4O. The van der Waals surface area contributed by atoms with Crippen LogP contribution in [-0.4, -0.2) is 65.9 Å². The topological polar surface area (TPSA) is 75.6 Å². The third-order valence-electron chi connectivity index (χ3n) is 8.51. The fourth-order valence-corrected chi connectivity index (χ4v) is 6.32. The molecule has 4 atom stereocenters. The summed E-state index contributed by atoms with van der Waals surface area (Å²) in [6.45, 7) is 2.73. The lowest BCUT2D eigenvalue weighted by atomic mass is 9.87. The van der Waals surface area contributed by atoms with E-state index < -0.39 is 59.1 Å². The van der Waals surface area contributed by atoms with Crippen LogP contribution in [-0.2, 0) is 17.6 Å². The molecule has 2 unspecified atom stereocenters. The average molecular weight is 599 g/mol. The zero-order valence-electron chi connectivity index (χ0n) is 23.7. The second-order valence-corrected chi connectivity index (χ2v) is 11.7. The number of nitrogens with two attached hydrogens (primary N) is 2. The summed E-state index contributed by atoms with van der Waals surface area (Å²) in [5.74, 6) is -6.79. The van der Waals surface area contributed by atoms with Gasteiger partial charge < -0.3 is 11.5 Å². The van der Waals surface area contributed by atoms with Crippen LogP contribution in [0.4, 0.5) is 26.3 Å². The molecule has 0 amide bonds. The Morgan fingerprint density at radius 2 is 0.905 bits per heavy atom. The minimum Gasteiger partial charge on any atom is -0.327 e. The Labute approximate surface area is 243 Å². The van der Waals surface area contributed by atoms with E-state index in [2.05, 4.69) is 9.80 Å². The summed E-state index contributed by atoms with van der Waals surface area (Å²) in [5, 5.41) is 0. The molecule has 2 saturated heterocycles. The molecule has 0 saturated carbocycles. The number of hydrogen-bond donors (Lipinski definition) is 2. The van der Waals surface area contributed by atoms with Gasteiger partial charge in [-0.25, -0.2) is 26.3 Å². The van der Waals surface area contributed by atoms with Gasteiger partial charge in [-0.3, -0.25) is 14.6 Å². The summed E-state index contributed by atoms with van der Waals surface area (Å²) in [7, 11) is 0. The summed E-state index contributed by atoms with van der Waals surface area (Å²) in [4.78, 5) is 18.6. The monoisotopic (exact) mass is 598 g/mol. The lowest BCUT2D eigenvalue weighted by molar-refractivity contribution is -0.131. The van der Waals surface area contributed by atoms with Crippen LogP contribution in [0.3, 0.4) is 0 Å². The Morgan fingerprint density at radius 3 is 1.26 bits per heavy atom. The van der Waals surface area contributed by atoms with E-state index >= 15 is 0 Å². The van der Waals surface area contributed by atoms with Gasteiger partial charge in [0.15, 0.2) is 29.1 Å². The number of Topliss-reactive ketones (excluding diaryl/α,β-unsaturated/α-hetero) is 1. The second kappa shape index (κ2) is 14.8. The van der Waals surface area contributed by atoms with E-state index in [1.54, 1.807) is 0 Å². The van der Waals surface area contributed by atoms with Crippen molar-refractivity contribution in [3.63, 3.8) is 0 Å². The summed E-state index contributed by atoms with van der Waals surface area (Å²) >= 11 is 0. The molecule has 2 aliphatic rings. The molecule has 0 radical (unpaired) electrons. The fraction of sp³-hybridized carbons (Fsp3) is 0.581. The molecular weight excluding hydrogens is 558 g/mol. The molecule has 2 fully saturated rings. The number of rotatable bonds is 12. The average Bonchev–Trinajstić information content (AvgIpc) is 2.97. The highest BCUT2D eigenvalue weighted by atomic mass is 19.2. The maximum absolute atomic E-state index is 14.4. The zero-order chi connectivity index (χ0) is 30.4. The summed E-state index contributed by atoms with van der Waals surface area (Å²) in [6, 6.07) is -0.0765. The Balaban J connectivity index is 1.56. The van der Waals surface area contributed by atoms with Gasteiger partial charge in [-0.1, -0.05) is 12.8 Å². The van der Waals surface area contributed by atoms with Crippen molar-refractivity contribution in [1.82, 2.24) is 9.80 Å². The summed E-state index contributed by atoms with van der Waals surface area (Å²) in [5.41, 5.74) is 12.7. The number of nitrogens with zero attached hydrogens (tertiary/aromatic N) is 2. The van der Waals surface area contributed by atoms with Gasteiger partial charge in [-0.05, 0) is 101 Å². The molecule has 2 heterocycles. The Kier molecular flexibility index (Phi) is 11.4. The molecule has 11 heteroatoms. The number of piperidine rings is 2. The van der Waals surface area contributed by atoms with Crippen LogP contribution >= 0.6 is 0 Å². The molecule has 0 aliphatic carbocycles. The van der Waals surface area contributed by atoms with E-state index in [0.29, 0.717) is 38.3 Å². The molecule has 4 rings (SSSR count). The highest BCUT2D eigenvalue weighted by molar-refractivity contribution is 5.89. The van der Waals surface area contributed by atoms with Gasteiger partial charge in [0.1, 0.15) is 11.6 Å². The highest BCUT2D eigenvalue weighted by Crippen LogP contribution is 2.25. The predicted octanol–water partition coefficient (Wildman–Crippen LogP) is 5.02. The van der Waals surface area contributed by atoms with Crippen LogP contribution in [0.2, 0.25) is 0 Å². The third kappa shape index (κ3) is 8.33. The minimum atomic E-state index is -1.28. The van der Waals surface area contributed by atoms with Gasteiger partial charge in [0.2, 0.25) is 0 Å². The maximum atomic E-state index is 14.4. The van der Waals surface area contributed by atoms with Crippen molar-refractivity contribution in [2.75, 3.05) is 26.2 Å². The van der Waals surface area contributed by atoms with Crippen molar-refractivity contribution < 1.29 is 31.1 Å². The normalized spacial score (nSPS) is 19.8. The van der Waals surface area contributed by atoms with E-state index in [4.69, 9.17) is 11.5 Å². The van der Waals surface area contributed by atoms with Crippen LogP contribution in [0.25, 0.3) is 0 Å². The number of benzene rings is 2. The number of carbonyl (C=O) groups is 1. The van der Waals surface area contributed by atoms with Crippen molar-refractivity contribution in [1.29, 1.82) is 0 Å². The molecule has 2 aromatic carbocycles. The molecule has 0 aromatic heterocycles. The second-order valence-electron chi connectivity index (χ2n) is 11.7. The van der Waals surface area contributed by atoms with E-state index in [-0.39, 0.29) is 42.6 Å². The number of hydrogen-bond acceptors (Lipinski definition) is 5. The first-order valence-electron chi connectivity index (χ1n) is 14.8. The highest BCUT2D eigenvalue weighted by Gasteiger charge is 2.37. The zero-order valence-corrected chi connectivity index (χ0v) is 23.7. The number of likely N-dealkylation sites (tertiary alicyclic amines) is 2. The van der Waals surface area contributed by atoms with Crippen LogP contribution < -0.4 is 11.5 Å². The van der Waals surface area contributed by atoms with Crippen molar-refractivity contribution >= 4 is 5.78 Å². The lowest BCUT2D eigenvalue weighted by Gasteiger charge is -2.41. The third-order valence-corrected chi connectivity index (χ3v) is 8.51. The standard InChI is InChI=1S/C31H40F6N4O/c32-23-17-27(36)25(34)13-19(23)11-21(38)15-29(40-7-3-1-4-8-40)31(42)30(41-9-5-2-6-10-41)16-22(39)12-20-14-26(35)28(37)18-24(20)33/h13-14,17-18,21-22,29-30H,1-12,15-16,38-39H2/t21-,22-,29?,30?/m1/s1. The van der Waals surface area contributed by atoms with Gasteiger partial charge in [0, 0.05) is 24.2 Å². The first kappa shape index (κ1) is 32.4. The maximum Gasteiger partial charge on any atom is 0.167 e. The smallest absolute Gasteiger partial charge is 0.167 e. The van der Waals surface area contributed by atoms with Crippen LogP contribution in [0.15, 0.2) is 24.3 Å². The Hall–Kier alpha value is -2.47. The molecule has 232 valence electrons. The number of halogens is 6. The SMILES string of the molecule is N[C@H](Cc1cc(F)c(F)cc1F)CC(C(=O)C(C[C@H](N)Cc1cc(F)c(F)cc1F)N1CCCCC1)N1CCCCC1. The molecule has 2 aliphatic heterocycles. The van der Waals surface area contributed by atoms with Gasteiger partial charge in [-0.2, -0.15) is 0 Å². The number of ketones is 1. The Bertz CT molecular complexity index is 1130. The van der Waals surface area contributed by atoms with Crippen molar-refractivity contribution in [3.8, 4) is 0 Å². The lowest BCUT2D eigenvalue weighted by Crippen LogP contribution is -2.56. The van der Waals surface area contributed by atoms with Crippen LogP contribution in [0.5, 0.6) is 0 Å². The Morgan fingerprint density at radius 1 is 0.571 bits per heavy atom. The van der Waals surface area contributed by atoms with Crippen molar-refractivity contribution in [3.05, 3.63) is 70.3 Å². The quantitative estimate of drug-likeness (QED) is 0.265. The molecule has 0 bridgehead atoms. The fourth-order valence-electron chi connectivity index (χ4n) is 6.32. The summed E-state index contributed by atoms with van der Waals surface area (Å²) in [6.07, 6.45) is 5.87. The van der Waals surface area contributed by atoms with E-state index in [0.717, 1.165) is 50.7 Å². The van der Waals surface area contributed by atoms with Crippen LogP contribution in [0, 0.1) is 34.9 Å². The van der Waals surface area contributed by atoms with Gasteiger partial charge in [0.05, 0.1) is 12.1 Å². The van der Waals surface area contributed by atoms with Gasteiger partial charge in [-0.15, -0.1) is 0 Å². The van der Waals surface area contributed by atoms with Gasteiger partial charge in [0.25, 0.3) is 0 Å². The van der Waals surface area contributed by atoms with Gasteiger partial charge >= 0.3 is 0 Å². The molecule has 2 aromatic rings. The van der Waals surface area contributed by atoms with E-state index in [1.165, 1.54) is 0 Å². The predicted molar refractivity (Wildman–Crippen MR) is 149 cm³/mol. The molecule has 42 heavy (non-hydrogen) atoms. The molecule has 4 N–H and O–H groups in total. The first-order chi connectivity index (χ1) is 20.0. The minimum absolute atomic E-state index is 0.0607. The van der Waals surface area contributed by atoms with E-state index in [1.807, 2.05) is 0 Å². The van der Waals surface area contributed by atoms with Crippen molar-refractivity contribution in [2.45, 2.75) is 88.4 Å². The molecule has 0 spiro atoms. The number of carbonyl (C=O) groups excluding carboxylic acids is 1.